The molecule has 0 aromatic heterocycles. The summed E-state index contributed by atoms with van der Waals surface area (Å²) in [5, 5.41) is 2.47. The van der Waals surface area contributed by atoms with Crippen LogP contribution in [-0.2, 0) is 0 Å². The SMILES string of the molecule is CC1CCCC(C)N1NC1(CN)CCC1. The minimum absolute atomic E-state index is 0.236. The van der Waals surface area contributed by atoms with Crippen LogP contribution in [0.1, 0.15) is 52.4 Å². The van der Waals surface area contributed by atoms with Crippen LogP contribution in [0.5, 0.6) is 0 Å². The van der Waals surface area contributed by atoms with Crippen LogP contribution < -0.4 is 11.2 Å². The predicted octanol–water partition coefficient (Wildman–Crippen LogP) is 1.64. The first-order valence-electron chi connectivity index (χ1n) is 6.43. The van der Waals surface area contributed by atoms with Gasteiger partial charge in [-0.25, -0.2) is 10.4 Å². The molecule has 0 aromatic carbocycles. The first-order valence-corrected chi connectivity index (χ1v) is 6.43. The van der Waals surface area contributed by atoms with Gasteiger partial charge in [0.15, 0.2) is 0 Å². The van der Waals surface area contributed by atoms with Crippen LogP contribution in [0.3, 0.4) is 0 Å². The number of nitrogens with zero attached hydrogens (tertiary/aromatic N) is 1. The Bertz CT molecular complexity index is 197. The molecule has 1 heterocycles. The third-order valence-corrected chi connectivity index (χ3v) is 4.26. The Morgan fingerprint density at radius 1 is 1.20 bits per heavy atom. The lowest BCUT2D eigenvalue weighted by Gasteiger charge is -2.50. The van der Waals surface area contributed by atoms with Crippen molar-refractivity contribution in [3.63, 3.8) is 0 Å². The monoisotopic (exact) mass is 211 g/mol. The van der Waals surface area contributed by atoms with Crippen molar-refractivity contribution in [3.8, 4) is 0 Å². The van der Waals surface area contributed by atoms with Crippen LogP contribution in [-0.4, -0.2) is 29.2 Å². The quantitative estimate of drug-likeness (QED) is 0.745. The van der Waals surface area contributed by atoms with Gasteiger partial charge in [0.1, 0.15) is 0 Å². The summed E-state index contributed by atoms with van der Waals surface area (Å²) >= 11 is 0. The number of hydrogen-bond donors (Lipinski definition) is 2. The Morgan fingerprint density at radius 3 is 2.20 bits per heavy atom. The summed E-state index contributed by atoms with van der Waals surface area (Å²) in [5.41, 5.74) is 9.85. The van der Waals surface area contributed by atoms with E-state index in [4.69, 9.17) is 5.73 Å². The van der Waals surface area contributed by atoms with E-state index < -0.39 is 0 Å². The lowest BCUT2D eigenvalue weighted by Crippen LogP contribution is -2.66. The lowest BCUT2D eigenvalue weighted by atomic mass is 9.77. The Labute approximate surface area is 93.4 Å². The first-order chi connectivity index (χ1) is 7.17. The van der Waals surface area contributed by atoms with Crippen molar-refractivity contribution in [1.29, 1.82) is 0 Å². The van der Waals surface area contributed by atoms with Gasteiger partial charge in [-0.3, -0.25) is 0 Å². The molecule has 0 spiro atoms. The van der Waals surface area contributed by atoms with Gasteiger partial charge in [0.05, 0.1) is 0 Å². The third kappa shape index (κ3) is 2.19. The smallest absolute Gasteiger partial charge is 0.0448 e. The summed E-state index contributed by atoms with van der Waals surface area (Å²) in [7, 11) is 0. The van der Waals surface area contributed by atoms with Crippen LogP contribution in [0, 0.1) is 0 Å². The van der Waals surface area contributed by atoms with Crippen molar-refractivity contribution >= 4 is 0 Å². The summed E-state index contributed by atoms with van der Waals surface area (Å²) in [6.45, 7) is 5.43. The molecular weight excluding hydrogens is 186 g/mol. The molecule has 2 unspecified atom stereocenters. The highest BCUT2D eigenvalue weighted by Gasteiger charge is 2.39. The summed E-state index contributed by atoms with van der Waals surface area (Å²) in [5.74, 6) is 0. The second-order valence-corrected chi connectivity index (χ2v) is 5.49. The van der Waals surface area contributed by atoms with Gasteiger partial charge in [0, 0.05) is 24.2 Å². The Hall–Kier alpha value is -0.120. The molecule has 0 radical (unpaired) electrons. The second-order valence-electron chi connectivity index (χ2n) is 5.49. The van der Waals surface area contributed by atoms with E-state index in [1.807, 2.05) is 0 Å². The van der Waals surface area contributed by atoms with Gasteiger partial charge in [-0.2, -0.15) is 0 Å². The number of hydrazine groups is 1. The molecule has 2 rings (SSSR count). The molecule has 0 aromatic rings. The van der Waals surface area contributed by atoms with Gasteiger partial charge >= 0.3 is 0 Å². The van der Waals surface area contributed by atoms with Crippen LogP contribution in [0.25, 0.3) is 0 Å². The maximum atomic E-state index is 5.89. The molecule has 3 N–H and O–H groups in total. The Morgan fingerprint density at radius 2 is 1.80 bits per heavy atom. The van der Waals surface area contributed by atoms with Crippen molar-refractivity contribution in [2.24, 2.45) is 5.73 Å². The standard InChI is InChI=1S/C12H25N3/c1-10-5-3-6-11(2)15(10)14-12(9-13)7-4-8-12/h10-11,14H,3-9,13H2,1-2H3. The van der Waals surface area contributed by atoms with Crippen LogP contribution >= 0.6 is 0 Å². The van der Waals surface area contributed by atoms with Crippen molar-refractivity contribution < 1.29 is 0 Å². The molecule has 0 bridgehead atoms. The molecule has 2 atom stereocenters. The first kappa shape index (κ1) is 11.4. The number of nitrogens with one attached hydrogen (secondary N) is 1. The molecule has 1 saturated carbocycles. The Kier molecular flexibility index (Phi) is 3.33. The fourth-order valence-corrected chi connectivity index (χ4v) is 2.88. The molecule has 1 saturated heterocycles. The molecule has 3 heteroatoms. The summed E-state index contributed by atoms with van der Waals surface area (Å²) in [4.78, 5) is 0. The van der Waals surface area contributed by atoms with E-state index in [0.717, 1.165) is 6.54 Å². The maximum absolute atomic E-state index is 5.89. The van der Waals surface area contributed by atoms with Crippen LogP contribution in [0.2, 0.25) is 0 Å². The minimum atomic E-state index is 0.236. The fourth-order valence-electron chi connectivity index (χ4n) is 2.88. The largest absolute Gasteiger partial charge is 0.329 e. The summed E-state index contributed by atoms with van der Waals surface area (Å²) < 4.78 is 0. The molecule has 1 aliphatic carbocycles. The van der Waals surface area contributed by atoms with Gasteiger partial charge in [-0.05, 0) is 46.0 Å². The number of nitrogens with two attached hydrogens (primary N) is 1. The highest BCUT2D eigenvalue weighted by atomic mass is 15.6. The van der Waals surface area contributed by atoms with Gasteiger partial charge in [-0.15, -0.1) is 0 Å². The zero-order valence-corrected chi connectivity index (χ0v) is 10.1. The van der Waals surface area contributed by atoms with Crippen molar-refractivity contribution in [1.82, 2.24) is 10.4 Å². The molecule has 2 aliphatic rings. The zero-order chi connectivity index (χ0) is 10.9. The van der Waals surface area contributed by atoms with Gasteiger partial charge in [0.2, 0.25) is 0 Å². The second kappa shape index (κ2) is 4.40. The van der Waals surface area contributed by atoms with E-state index in [-0.39, 0.29) is 5.54 Å². The number of rotatable bonds is 3. The number of piperidine rings is 1. The fraction of sp³-hybridized carbons (Fsp3) is 1.00. The van der Waals surface area contributed by atoms with E-state index >= 15 is 0 Å². The van der Waals surface area contributed by atoms with Gasteiger partial charge in [0.25, 0.3) is 0 Å². The number of hydrogen-bond acceptors (Lipinski definition) is 3. The average molecular weight is 211 g/mol. The minimum Gasteiger partial charge on any atom is -0.329 e. The lowest BCUT2D eigenvalue weighted by molar-refractivity contribution is -0.0231. The topological polar surface area (TPSA) is 41.3 Å². The predicted molar refractivity (Wildman–Crippen MR) is 63.4 cm³/mol. The Balaban J connectivity index is 1.96. The molecule has 0 amide bonds. The molecule has 88 valence electrons. The van der Waals surface area contributed by atoms with E-state index in [0.29, 0.717) is 12.1 Å². The normalized spacial score (nSPS) is 36.2. The van der Waals surface area contributed by atoms with Crippen molar-refractivity contribution in [2.75, 3.05) is 6.54 Å². The third-order valence-electron chi connectivity index (χ3n) is 4.26. The highest BCUT2D eigenvalue weighted by molar-refractivity contribution is 4.97. The molecule has 1 aliphatic heterocycles. The molecule has 15 heavy (non-hydrogen) atoms. The van der Waals surface area contributed by atoms with Gasteiger partial charge < -0.3 is 5.73 Å². The van der Waals surface area contributed by atoms with Crippen LogP contribution in [0.4, 0.5) is 0 Å². The van der Waals surface area contributed by atoms with E-state index in [1.165, 1.54) is 38.5 Å². The molecule has 2 fully saturated rings. The van der Waals surface area contributed by atoms with E-state index in [2.05, 4.69) is 24.3 Å². The highest BCUT2D eigenvalue weighted by Crippen LogP contribution is 2.33. The van der Waals surface area contributed by atoms with E-state index in [1.54, 1.807) is 0 Å². The average Bonchev–Trinajstić information content (AvgIpc) is 2.15. The maximum Gasteiger partial charge on any atom is 0.0448 e. The van der Waals surface area contributed by atoms with Gasteiger partial charge in [-0.1, -0.05) is 6.42 Å². The van der Waals surface area contributed by atoms with E-state index in [9.17, 15) is 0 Å². The summed E-state index contributed by atoms with van der Waals surface area (Å²) in [6.07, 6.45) is 7.84. The van der Waals surface area contributed by atoms with Crippen LogP contribution in [0.15, 0.2) is 0 Å². The molecule has 3 nitrogen and oxygen atoms in total. The van der Waals surface area contributed by atoms with Crippen molar-refractivity contribution in [2.45, 2.75) is 70.0 Å². The zero-order valence-electron chi connectivity index (χ0n) is 10.1. The molecular formula is C12H25N3. The summed E-state index contributed by atoms with van der Waals surface area (Å²) in [6, 6.07) is 1.33. The van der Waals surface area contributed by atoms with Crippen molar-refractivity contribution in [3.05, 3.63) is 0 Å².